The van der Waals surface area contributed by atoms with Crippen LogP contribution in [0.2, 0.25) is 0 Å². The van der Waals surface area contributed by atoms with Crippen molar-refractivity contribution < 1.29 is 14.7 Å². The molecule has 0 saturated carbocycles. The smallest absolute Gasteiger partial charge is 0.293 e. The molecule has 2 rings (SSSR count). The minimum atomic E-state index is -0.708. The van der Waals surface area contributed by atoms with Crippen LogP contribution < -0.4 is 5.32 Å². The van der Waals surface area contributed by atoms with Gasteiger partial charge < -0.3 is 5.11 Å². The lowest BCUT2D eigenvalue weighted by atomic mass is 9.97. The lowest BCUT2D eigenvalue weighted by Gasteiger charge is -2.07. The van der Waals surface area contributed by atoms with Crippen molar-refractivity contribution in [3.63, 3.8) is 0 Å². The molecule has 0 spiro atoms. The molecule has 0 radical (unpaired) electrons. The van der Waals surface area contributed by atoms with Gasteiger partial charge in [-0.25, -0.2) is 0 Å². The second kappa shape index (κ2) is 3.14. The van der Waals surface area contributed by atoms with E-state index in [-0.39, 0.29) is 5.57 Å². The van der Waals surface area contributed by atoms with Gasteiger partial charge in [0.15, 0.2) is 5.76 Å². The summed E-state index contributed by atoms with van der Waals surface area (Å²) in [6.07, 6.45) is 7.03. The number of aliphatic hydroxyl groups is 1. The molecule has 0 saturated heterocycles. The quantitative estimate of drug-likeness (QED) is 0.600. The predicted octanol–water partition coefficient (Wildman–Crippen LogP) is 0.731. The summed E-state index contributed by atoms with van der Waals surface area (Å²) in [5, 5.41) is 11.4. The molecule has 0 atom stereocenters. The van der Waals surface area contributed by atoms with E-state index in [0.29, 0.717) is 12.0 Å². The number of nitrogens with one attached hydrogen (secondary N) is 1. The van der Waals surface area contributed by atoms with Gasteiger partial charge in [-0.15, -0.1) is 0 Å². The molecule has 2 aliphatic rings. The molecule has 14 heavy (non-hydrogen) atoms. The topological polar surface area (TPSA) is 66.4 Å². The number of allylic oxidation sites excluding steroid dienone is 3. The molecular formula is C10H9NO3. The number of hydrogen-bond acceptors (Lipinski definition) is 3. The number of carbonyl (C=O) groups excluding carboxylic acids is 2. The average Bonchev–Trinajstić information content (AvgIpc) is 2.43. The molecule has 0 fully saturated rings. The van der Waals surface area contributed by atoms with Gasteiger partial charge in [0, 0.05) is 0 Å². The van der Waals surface area contributed by atoms with Crippen molar-refractivity contribution in [3.8, 4) is 0 Å². The predicted molar refractivity (Wildman–Crippen MR) is 49.3 cm³/mol. The highest BCUT2D eigenvalue weighted by atomic mass is 16.3. The Labute approximate surface area is 80.6 Å². The van der Waals surface area contributed by atoms with Crippen LogP contribution in [0.25, 0.3) is 0 Å². The largest absolute Gasteiger partial charge is 0.502 e. The molecule has 0 bridgehead atoms. The van der Waals surface area contributed by atoms with Crippen LogP contribution in [-0.4, -0.2) is 16.9 Å². The third-order valence-electron chi connectivity index (χ3n) is 2.24. The van der Waals surface area contributed by atoms with E-state index in [2.05, 4.69) is 0 Å². The minimum absolute atomic E-state index is 0.124. The Morgan fingerprint density at radius 2 is 2.07 bits per heavy atom. The van der Waals surface area contributed by atoms with E-state index < -0.39 is 17.6 Å². The summed E-state index contributed by atoms with van der Waals surface area (Å²) in [6, 6.07) is 0. The van der Waals surface area contributed by atoms with Gasteiger partial charge in [-0.3, -0.25) is 14.9 Å². The molecule has 4 heteroatoms. The van der Waals surface area contributed by atoms with Gasteiger partial charge >= 0.3 is 0 Å². The second-order valence-corrected chi connectivity index (χ2v) is 3.17. The Hall–Kier alpha value is -1.84. The first kappa shape index (κ1) is 8.74. The number of imide groups is 1. The van der Waals surface area contributed by atoms with Crippen LogP contribution in [0.4, 0.5) is 0 Å². The lowest BCUT2D eigenvalue weighted by Crippen LogP contribution is -2.23. The Bertz CT molecular complexity index is 402. The van der Waals surface area contributed by atoms with Gasteiger partial charge in [0.05, 0.1) is 5.57 Å². The maximum atomic E-state index is 11.3. The number of amides is 2. The maximum absolute atomic E-state index is 11.3. The zero-order valence-corrected chi connectivity index (χ0v) is 7.41. The van der Waals surface area contributed by atoms with Crippen LogP contribution in [0.3, 0.4) is 0 Å². The molecule has 2 amide bonds. The van der Waals surface area contributed by atoms with Crippen LogP contribution in [0.15, 0.2) is 35.1 Å². The Morgan fingerprint density at radius 1 is 1.29 bits per heavy atom. The summed E-state index contributed by atoms with van der Waals surface area (Å²) in [5.41, 5.74) is 0.840. The Morgan fingerprint density at radius 3 is 2.57 bits per heavy atom. The van der Waals surface area contributed by atoms with Gasteiger partial charge in [0.2, 0.25) is 0 Å². The fourth-order valence-corrected chi connectivity index (χ4v) is 1.55. The molecule has 1 heterocycles. The van der Waals surface area contributed by atoms with E-state index in [4.69, 9.17) is 0 Å². The number of rotatable bonds is 1. The summed E-state index contributed by atoms with van der Waals surface area (Å²) in [7, 11) is 0. The summed E-state index contributed by atoms with van der Waals surface area (Å²) >= 11 is 0. The van der Waals surface area contributed by atoms with Gasteiger partial charge in [0.1, 0.15) is 0 Å². The van der Waals surface area contributed by atoms with Crippen molar-refractivity contribution >= 4 is 11.8 Å². The molecule has 2 N–H and O–H groups in total. The van der Waals surface area contributed by atoms with Crippen molar-refractivity contribution in [1.82, 2.24) is 5.32 Å². The fraction of sp³-hybridized carbons (Fsp3) is 0.200. The molecule has 0 aromatic carbocycles. The molecule has 4 nitrogen and oxygen atoms in total. The molecule has 1 aliphatic carbocycles. The lowest BCUT2D eigenvalue weighted by molar-refractivity contribution is -0.125. The molecule has 0 aromatic heterocycles. The van der Waals surface area contributed by atoms with Crippen molar-refractivity contribution in [3.05, 3.63) is 35.1 Å². The second-order valence-electron chi connectivity index (χ2n) is 3.17. The zero-order chi connectivity index (χ0) is 10.1. The van der Waals surface area contributed by atoms with Crippen LogP contribution in [0.1, 0.15) is 12.8 Å². The number of hydrogen-bond donors (Lipinski definition) is 2. The van der Waals surface area contributed by atoms with Crippen molar-refractivity contribution in [2.45, 2.75) is 12.8 Å². The van der Waals surface area contributed by atoms with Crippen LogP contribution in [-0.2, 0) is 9.59 Å². The SMILES string of the molecule is O=C1NC(=O)C(C2=CC=CCC2)=C1O. The number of aliphatic hydroxyl groups excluding tert-OH is 1. The highest BCUT2D eigenvalue weighted by Gasteiger charge is 2.31. The normalized spacial score (nSPS) is 21.3. The average molecular weight is 191 g/mol. The molecule has 1 aliphatic heterocycles. The van der Waals surface area contributed by atoms with Crippen LogP contribution >= 0.6 is 0 Å². The van der Waals surface area contributed by atoms with E-state index in [1.54, 1.807) is 6.08 Å². The third-order valence-corrected chi connectivity index (χ3v) is 2.24. The van der Waals surface area contributed by atoms with E-state index >= 15 is 0 Å². The molecule has 0 unspecified atom stereocenters. The Balaban J connectivity index is 2.42. The van der Waals surface area contributed by atoms with Crippen molar-refractivity contribution in [1.29, 1.82) is 0 Å². The van der Waals surface area contributed by atoms with Gasteiger partial charge in [0.25, 0.3) is 11.8 Å². The van der Waals surface area contributed by atoms with E-state index in [9.17, 15) is 14.7 Å². The monoisotopic (exact) mass is 191 g/mol. The summed E-state index contributed by atoms with van der Waals surface area (Å²) in [5.74, 6) is -1.67. The van der Waals surface area contributed by atoms with Crippen LogP contribution in [0, 0.1) is 0 Å². The first-order valence-electron chi connectivity index (χ1n) is 4.35. The van der Waals surface area contributed by atoms with Gasteiger partial charge in [-0.05, 0) is 18.4 Å². The minimum Gasteiger partial charge on any atom is -0.502 e. The van der Waals surface area contributed by atoms with Gasteiger partial charge in [-0.1, -0.05) is 18.2 Å². The first-order chi connectivity index (χ1) is 6.70. The first-order valence-corrected chi connectivity index (χ1v) is 4.35. The van der Waals surface area contributed by atoms with E-state index in [1.807, 2.05) is 17.5 Å². The Kier molecular flexibility index (Phi) is 1.96. The summed E-state index contributed by atoms with van der Waals surface area (Å²) in [6.45, 7) is 0. The highest BCUT2D eigenvalue weighted by molar-refractivity contribution is 6.20. The summed E-state index contributed by atoms with van der Waals surface area (Å²) < 4.78 is 0. The van der Waals surface area contributed by atoms with Gasteiger partial charge in [-0.2, -0.15) is 0 Å². The van der Waals surface area contributed by atoms with Crippen LogP contribution in [0.5, 0.6) is 0 Å². The molecular weight excluding hydrogens is 182 g/mol. The highest BCUT2D eigenvalue weighted by Crippen LogP contribution is 2.25. The fourth-order valence-electron chi connectivity index (χ4n) is 1.55. The molecule has 72 valence electrons. The van der Waals surface area contributed by atoms with E-state index in [1.165, 1.54) is 0 Å². The summed E-state index contributed by atoms with van der Waals surface area (Å²) in [4.78, 5) is 22.2. The van der Waals surface area contributed by atoms with Crippen molar-refractivity contribution in [2.24, 2.45) is 0 Å². The third kappa shape index (κ3) is 1.25. The maximum Gasteiger partial charge on any atom is 0.293 e. The molecule has 0 aromatic rings. The standard InChI is InChI=1S/C10H9NO3/c12-8-7(9(13)11-10(8)14)6-4-2-1-3-5-6/h1-2,4H,3,5H2,(H2,11,12,13,14). The number of carbonyl (C=O) groups is 2. The van der Waals surface area contributed by atoms with Crippen molar-refractivity contribution in [2.75, 3.05) is 0 Å². The zero-order valence-electron chi connectivity index (χ0n) is 7.41. The van der Waals surface area contributed by atoms with E-state index in [0.717, 1.165) is 6.42 Å².